The number of benzene rings is 1. The number of halogens is 4. The topological polar surface area (TPSA) is 77.2 Å². The van der Waals surface area contributed by atoms with Crippen LogP contribution in [0.2, 0.25) is 0 Å². The molecule has 0 aliphatic heterocycles. The van der Waals surface area contributed by atoms with E-state index < -0.39 is 29.4 Å². The van der Waals surface area contributed by atoms with Gasteiger partial charge >= 0.3 is 0 Å². The first-order chi connectivity index (χ1) is 15.3. The first kappa shape index (κ1) is 21.8. The van der Waals surface area contributed by atoms with Crippen LogP contribution >= 0.6 is 0 Å². The molecule has 0 bridgehead atoms. The van der Waals surface area contributed by atoms with E-state index in [1.807, 2.05) is 0 Å². The normalized spacial score (nSPS) is 16.0. The molecule has 0 spiro atoms. The lowest BCUT2D eigenvalue weighted by molar-refractivity contribution is -0.0384. The molecule has 6 nitrogen and oxygen atoms in total. The van der Waals surface area contributed by atoms with E-state index >= 15 is 0 Å². The van der Waals surface area contributed by atoms with E-state index in [1.54, 1.807) is 0 Å². The van der Waals surface area contributed by atoms with Crippen LogP contribution in [0.25, 0.3) is 11.1 Å². The Labute approximate surface area is 180 Å². The number of rotatable bonds is 5. The van der Waals surface area contributed by atoms with E-state index in [0.717, 1.165) is 18.2 Å². The number of alkyl halides is 2. The molecule has 1 aliphatic rings. The van der Waals surface area contributed by atoms with Gasteiger partial charge in [-0.3, -0.25) is 9.78 Å². The van der Waals surface area contributed by atoms with Crippen molar-refractivity contribution in [3.05, 3.63) is 59.6 Å². The van der Waals surface area contributed by atoms with Gasteiger partial charge in [-0.2, -0.15) is 0 Å². The fourth-order valence-corrected chi connectivity index (χ4v) is 3.80. The molecule has 32 heavy (non-hydrogen) atoms. The predicted octanol–water partition coefficient (Wildman–Crippen LogP) is 5.57. The molecular weight excluding hydrogens is 430 g/mol. The molecule has 1 aliphatic carbocycles. The minimum Gasteiger partial charge on any atom is -0.479 e. The van der Waals surface area contributed by atoms with Crippen LogP contribution in [0, 0.1) is 11.6 Å². The summed E-state index contributed by atoms with van der Waals surface area (Å²) in [6, 6.07) is 5.63. The van der Waals surface area contributed by atoms with Crippen molar-refractivity contribution in [3.8, 4) is 17.0 Å². The Bertz CT molecular complexity index is 1140. The standard InChI is InChI=1S/C22H19F4N3O3/c1-31-18-11-17(32-29-18)21(30)28-20-14(15-10-13(23)2-3-16(15)24)6-9-27-19(20)12-4-7-22(25,26)8-5-12/h2-3,6,9-12H,4-5,7-8H2,1H3,(H,28,30). The third-order valence-electron chi connectivity index (χ3n) is 5.46. The lowest BCUT2D eigenvalue weighted by Crippen LogP contribution is -2.25. The monoisotopic (exact) mass is 449 g/mol. The van der Waals surface area contributed by atoms with E-state index in [0.29, 0.717) is 5.69 Å². The van der Waals surface area contributed by atoms with E-state index in [2.05, 4.69) is 15.5 Å². The van der Waals surface area contributed by atoms with Crippen LogP contribution in [-0.4, -0.2) is 29.1 Å². The Balaban J connectivity index is 1.78. The number of ether oxygens (including phenoxy) is 1. The van der Waals surface area contributed by atoms with Crippen molar-refractivity contribution in [2.45, 2.75) is 37.5 Å². The number of anilines is 1. The zero-order valence-electron chi connectivity index (χ0n) is 17.0. The quantitative estimate of drug-likeness (QED) is 0.516. The summed E-state index contributed by atoms with van der Waals surface area (Å²) >= 11 is 0. The number of hydrogen-bond donors (Lipinski definition) is 1. The van der Waals surface area contributed by atoms with Crippen LogP contribution in [-0.2, 0) is 0 Å². The highest BCUT2D eigenvalue weighted by atomic mass is 19.3. The molecule has 0 unspecified atom stereocenters. The molecule has 2 aromatic heterocycles. The van der Waals surface area contributed by atoms with Gasteiger partial charge in [0.15, 0.2) is 0 Å². The van der Waals surface area contributed by atoms with E-state index in [4.69, 9.17) is 9.26 Å². The zero-order valence-corrected chi connectivity index (χ0v) is 17.0. The second kappa shape index (κ2) is 8.60. The van der Waals surface area contributed by atoms with Crippen molar-refractivity contribution < 1.29 is 31.6 Å². The Morgan fingerprint density at radius 1 is 1.16 bits per heavy atom. The Kier molecular flexibility index (Phi) is 5.86. The van der Waals surface area contributed by atoms with Gasteiger partial charge in [-0.25, -0.2) is 17.6 Å². The zero-order chi connectivity index (χ0) is 22.9. The van der Waals surface area contributed by atoms with Gasteiger partial charge in [0, 0.05) is 36.1 Å². The maximum Gasteiger partial charge on any atom is 0.294 e. The second-order valence-corrected chi connectivity index (χ2v) is 7.56. The highest BCUT2D eigenvalue weighted by molar-refractivity contribution is 6.05. The summed E-state index contributed by atoms with van der Waals surface area (Å²) in [7, 11) is 1.35. The number of nitrogens with one attached hydrogen (secondary N) is 1. The number of nitrogens with zero attached hydrogens (tertiary/aromatic N) is 2. The number of pyridine rings is 1. The largest absolute Gasteiger partial charge is 0.479 e. The number of aromatic nitrogens is 2. The van der Waals surface area contributed by atoms with Crippen LogP contribution in [0.1, 0.15) is 47.8 Å². The van der Waals surface area contributed by atoms with Gasteiger partial charge in [-0.05, 0) is 42.3 Å². The number of methoxy groups -OCH3 is 1. The first-order valence-electron chi connectivity index (χ1n) is 9.91. The second-order valence-electron chi connectivity index (χ2n) is 7.56. The van der Waals surface area contributed by atoms with E-state index in [9.17, 15) is 22.4 Å². The third kappa shape index (κ3) is 4.44. The lowest BCUT2D eigenvalue weighted by Gasteiger charge is -2.29. The Hall–Kier alpha value is -3.43. The molecule has 1 saturated carbocycles. The molecule has 3 aromatic rings. The molecule has 10 heteroatoms. The highest BCUT2D eigenvalue weighted by Crippen LogP contribution is 2.44. The predicted molar refractivity (Wildman–Crippen MR) is 107 cm³/mol. The molecule has 0 saturated heterocycles. The number of hydrogen-bond acceptors (Lipinski definition) is 5. The number of amides is 1. The van der Waals surface area contributed by atoms with Crippen molar-refractivity contribution in [2.24, 2.45) is 0 Å². The summed E-state index contributed by atoms with van der Waals surface area (Å²) in [5, 5.41) is 6.19. The highest BCUT2D eigenvalue weighted by Gasteiger charge is 2.37. The minimum atomic E-state index is -2.76. The van der Waals surface area contributed by atoms with Gasteiger partial charge in [0.1, 0.15) is 11.6 Å². The molecular formula is C22H19F4N3O3. The number of carbonyl (C=O) groups excluding carboxylic acids is 1. The molecule has 0 radical (unpaired) electrons. The SMILES string of the molecule is COc1cc(C(=O)Nc2c(-c3cc(F)ccc3F)ccnc2C2CCC(F)(F)CC2)on1. The van der Waals surface area contributed by atoms with Crippen LogP contribution in [0.3, 0.4) is 0 Å². The van der Waals surface area contributed by atoms with Crippen LogP contribution < -0.4 is 10.1 Å². The van der Waals surface area contributed by atoms with Crippen molar-refractivity contribution in [2.75, 3.05) is 12.4 Å². The van der Waals surface area contributed by atoms with Crippen LogP contribution in [0.5, 0.6) is 5.88 Å². The van der Waals surface area contributed by atoms with Gasteiger partial charge < -0.3 is 14.6 Å². The molecule has 2 heterocycles. The Morgan fingerprint density at radius 3 is 2.59 bits per heavy atom. The fourth-order valence-electron chi connectivity index (χ4n) is 3.80. The summed E-state index contributed by atoms with van der Waals surface area (Å²) in [6.45, 7) is 0. The van der Waals surface area contributed by atoms with Crippen molar-refractivity contribution in [1.29, 1.82) is 0 Å². The smallest absolute Gasteiger partial charge is 0.294 e. The maximum absolute atomic E-state index is 14.6. The van der Waals surface area contributed by atoms with E-state index in [-0.39, 0.29) is 54.1 Å². The molecule has 168 valence electrons. The molecule has 4 rings (SSSR count). The van der Waals surface area contributed by atoms with Crippen molar-refractivity contribution in [1.82, 2.24) is 10.1 Å². The van der Waals surface area contributed by atoms with E-state index in [1.165, 1.54) is 25.4 Å². The molecule has 1 fully saturated rings. The maximum atomic E-state index is 14.6. The van der Waals surface area contributed by atoms with Crippen molar-refractivity contribution >= 4 is 11.6 Å². The third-order valence-corrected chi connectivity index (χ3v) is 5.46. The van der Waals surface area contributed by atoms with Crippen LogP contribution in [0.15, 0.2) is 41.1 Å². The lowest BCUT2D eigenvalue weighted by atomic mass is 9.83. The summed E-state index contributed by atoms with van der Waals surface area (Å²) in [5.41, 5.74) is 0.499. The molecule has 1 amide bonds. The van der Waals surface area contributed by atoms with Gasteiger partial charge in [-0.1, -0.05) is 0 Å². The van der Waals surface area contributed by atoms with Gasteiger partial charge in [-0.15, -0.1) is 0 Å². The summed E-state index contributed by atoms with van der Waals surface area (Å²) in [4.78, 5) is 17.1. The Morgan fingerprint density at radius 2 is 1.91 bits per heavy atom. The molecule has 1 aromatic carbocycles. The first-order valence-corrected chi connectivity index (χ1v) is 9.91. The van der Waals surface area contributed by atoms with Crippen molar-refractivity contribution in [3.63, 3.8) is 0 Å². The fraction of sp³-hybridized carbons (Fsp3) is 0.318. The molecule has 0 atom stereocenters. The van der Waals surface area contributed by atoms with Crippen LogP contribution in [0.4, 0.5) is 23.2 Å². The molecule has 1 N–H and O–H groups in total. The summed E-state index contributed by atoms with van der Waals surface area (Å²) in [5.74, 6) is -5.38. The van der Waals surface area contributed by atoms with Gasteiger partial charge in [0.2, 0.25) is 11.7 Å². The van der Waals surface area contributed by atoms with Gasteiger partial charge in [0.05, 0.1) is 24.6 Å². The number of carbonyl (C=O) groups is 1. The summed E-state index contributed by atoms with van der Waals surface area (Å²) < 4.78 is 65.7. The average Bonchev–Trinajstić information content (AvgIpc) is 3.25. The minimum absolute atomic E-state index is 0.0764. The average molecular weight is 449 g/mol. The summed E-state index contributed by atoms with van der Waals surface area (Å²) in [6.07, 6.45) is 0.992. The van der Waals surface area contributed by atoms with Gasteiger partial charge in [0.25, 0.3) is 11.8 Å².